The van der Waals surface area contributed by atoms with Crippen molar-refractivity contribution in [2.24, 2.45) is 0 Å². The topological polar surface area (TPSA) is 111 Å². The van der Waals surface area contributed by atoms with E-state index in [9.17, 15) is 13.2 Å². The summed E-state index contributed by atoms with van der Waals surface area (Å²) in [5.41, 5.74) is 0.168. The monoisotopic (exact) mass is 398 g/mol. The van der Waals surface area contributed by atoms with Gasteiger partial charge in [0.25, 0.3) is 11.1 Å². The number of nitrogens with zero attached hydrogens (tertiary/aromatic N) is 3. The Balaban J connectivity index is 1.79. The Morgan fingerprint density at radius 3 is 2.43 bits per heavy atom. The fourth-order valence-corrected chi connectivity index (χ4v) is 3.47. The standard InChI is InChI=1S/C19H18N4O4S/c1-13(2)27-15-7-8-17(22-12-15)23-18(24)14-5-3-6-16(11-14)28(25,26)19-20-9-4-10-21-19/h3-13H,1-2H3,(H,22,23,24). The van der Waals surface area contributed by atoms with E-state index in [1.165, 1.54) is 48.9 Å². The lowest BCUT2D eigenvalue weighted by Gasteiger charge is -2.10. The lowest BCUT2D eigenvalue weighted by molar-refractivity contribution is 0.102. The molecule has 2 heterocycles. The molecule has 8 nitrogen and oxygen atoms in total. The van der Waals surface area contributed by atoms with Crippen LogP contribution in [0.1, 0.15) is 24.2 Å². The summed E-state index contributed by atoms with van der Waals surface area (Å²) >= 11 is 0. The van der Waals surface area contributed by atoms with Crippen LogP contribution in [0, 0.1) is 0 Å². The predicted octanol–water partition coefficient (Wildman–Crippen LogP) is 2.74. The van der Waals surface area contributed by atoms with Crippen LogP contribution < -0.4 is 10.1 Å². The molecule has 0 bridgehead atoms. The number of rotatable bonds is 6. The van der Waals surface area contributed by atoms with Gasteiger partial charge in [0.1, 0.15) is 11.6 Å². The third-order valence-electron chi connectivity index (χ3n) is 3.54. The van der Waals surface area contributed by atoms with Gasteiger partial charge in [0, 0.05) is 18.0 Å². The number of hydrogen-bond acceptors (Lipinski definition) is 7. The summed E-state index contributed by atoms with van der Waals surface area (Å²) in [4.78, 5) is 24.1. The smallest absolute Gasteiger partial charge is 0.256 e. The number of aromatic nitrogens is 3. The fraction of sp³-hybridized carbons (Fsp3) is 0.158. The van der Waals surface area contributed by atoms with Crippen molar-refractivity contribution in [1.82, 2.24) is 15.0 Å². The van der Waals surface area contributed by atoms with Crippen molar-refractivity contribution >= 4 is 21.6 Å². The van der Waals surface area contributed by atoms with E-state index < -0.39 is 15.7 Å². The summed E-state index contributed by atoms with van der Waals surface area (Å²) in [5.74, 6) is 0.417. The highest BCUT2D eigenvalue weighted by Crippen LogP contribution is 2.19. The molecule has 1 aromatic carbocycles. The normalized spacial score (nSPS) is 11.2. The minimum atomic E-state index is -3.92. The zero-order valence-electron chi connectivity index (χ0n) is 15.2. The molecular formula is C19H18N4O4S. The van der Waals surface area contributed by atoms with Crippen LogP contribution in [0.2, 0.25) is 0 Å². The number of carbonyl (C=O) groups excluding carboxylic acids is 1. The second-order valence-electron chi connectivity index (χ2n) is 6.06. The summed E-state index contributed by atoms with van der Waals surface area (Å²) in [6, 6.07) is 10.5. The van der Waals surface area contributed by atoms with Gasteiger partial charge in [0.15, 0.2) is 0 Å². The fourth-order valence-electron chi connectivity index (χ4n) is 2.32. The number of nitrogens with one attached hydrogen (secondary N) is 1. The van der Waals surface area contributed by atoms with E-state index in [0.29, 0.717) is 11.6 Å². The highest BCUT2D eigenvalue weighted by atomic mass is 32.2. The van der Waals surface area contributed by atoms with Crippen molar-refractivity contribution in [3.63, 3.8) is 0 Å². The molecule has 3 rings (SSSR count). The van der Waals surface area contributed by atoms with Crippen LogP contribution in [-0.4, -0.2) is 35.4 Å². The molecule has 0 saturated heterocycles. The molecule has 0 atom stereocenters. The van der Waals surface area contributed by atoms with Crippen LogP contribution in [0.3, 0.4) is 0 Å². The molecule has 9 heteroatoms. The first-order valence-electron chi connectivity index (χ1n) is 8.42. The summed E-state index contributed by atoms with van der Waals surface area (Å²) in [6.07, 6.45) is 4.20. The van der Waals surface area contributed by atoms with Gasteiger partial charge < -0.3 is 10.1 Å². The molecular weight excluding hydrogens is 380 g/mol. The third kappa shape index (κ3) is 4.49. The molecule has 0 aliphatic heterocycles. The Labute approximate surface area is 162 Å². The summed E-state index contributed by atoms with van der Waals surface area (Å²) < 4.78 is 30.7. The van der Waals surface area contributed by atoms with Gasteiger partial charge in [-0.3, -0.25) is 4.79 Å². The first-order valence-corrected chi connectivity index (χ1v) is 9.91. The zero-order chi connectivity index (χ0) is 20.1. The van der Waals surface area contributed by atoms with Crippen LogP contribution in [0.25, 0.3) is 0 Å². The third-order valence-corrected chi connectivity index (χ3v) is 5.10. The average Bonchev–Trinajstić information content (AvgIpc) is 2.70. The van der Waals surface area contributed by atoms with Crippen LogP contribution in [0.15, 0.2) is 71.1 Å². The lowest BCUT2D eigenvalue weighted by atomic mass is 10.2. The van der Waals surface area contributed by atoms with Crippen molar-refractivity contribution in [2.75, 3.05) is 5.32 Å². The molecule has 2 aromatic heterocycles. The Morgan fingerprint density at radius 1 is 1.04 bits per heavy atom. The van der Waals surface area contributed by atoms with Crippen molar-refractivity contribution in [1.29, 1.82) is 0 Å². The van der Waals surface area contributed by atoms with Crippen molar-refractivity contribution < 1.29 is 17.9 Å². The van der Waals surface area contributed by atoms with E-state index in [2.05, 4.69) is 20.3 Å². The quantitative estimate of drug-likeness (QED) is 0.636. The molecule has 1 amide bonds. The first-order chi connectivity index (χ1) is 13.4. The van der Waals surface area contributed by atoms with Gasteiger partial charge in [-0.2, -0.15) is 0 Å². The van der Waals surface area contributed by atoms with E-state index in [0.717, 1.165) is 0 Å². The van der Waals surface area contributed by atoms with E-state index >= 15 is 0 Å². The second-order valence-corrected chi connectivity index (χ2v) is 7.91. The van der Waals surface area contributed by atoms with Gasteiger partial charge in [0.2, 0.25) is 9.84 Å². The maximum Gasteiger partial charge on any atom is 0.256 e. The SMILES string of the molecule is CC(C)Oc1ccc(NC(=O)c2cccc(S(=O)(=O)c3ncccn3)c2)nc1. The molecule has 3 aromatic rings. The zero-order valence-corrected chi connectivity index (χ0v) is 16.1. The number of carbonyl (C=O) groups is 1. The Hall–Kier alpha value is -3.33. The molecule has 0 fully saturated rings. The van der Waals surface area contributed by atoms with Crippen LogP contribution in [0.4, 0.5) is 5.82 Å². The molecule has 0 aliphatic carbocycles. The van der Waals surface area contributed by atoms with Gasteiger partial charge in [0.05, 0.1) is 17.2 Å². The number of benzene rings is 1. The largest absolute Gasteiger partial charge is 0.489 e. The predicted molar refractivity (Wildman–Crippen MR) is 102 cm³/mol. The maximum absolute atomic E-state index is 12.6. The molecule has 0 spiro atoms. The number of sulfone groups is 1. The van der Waals surface area contributed by atoms with Crippen molar-refractivity contribution in [3.05, 3.63) is 66.6 Å². The second kappa shape index (κ2) is 8.13. The van der Waals surface area contributed by atoms with Crippen LogP contribution >= 0.6 is 0 Å². The van der Waals surface area contributed by atoms with Crippen LogP contribution in [-0.2, 0) is 9.84 Å². The minimum Gasteiger partial charge on any atom is -0.489 e. The number of pyridine rings is 1. The van der Waals surface area contributed by atoms with Gasteiger partial charge in [-0.05, 0) is 50.2 Å². The van der Waals surface area contributed by atoms with E-state index in [1.807, 2.05) is 13.8 Å². The number of anilines is 1. The van der Waals surface area contributed by atoms with Gasteiger partial charge >= 0.3 is 0 Å². The first kappa shape index (κ1) is 19.4. The highest BCUT2D eigenvalue weighted by molar-refractivity contribution is 7.91. The number of hydrogen-bond donors (Lipinski definition) is 1. The number of ether oxygens (including phenoxy) is 1. The van der Waals surface area contributed by atoms with Crippen molar-refractivity contribution in [3.8, 4) is 5.75 Å². The van der Waals surface area contributed by atoms with E-state index in [4.69, 9.17) is 4.74 Å². The summed E-state index contributed by atoms with van der Waals surface area (Å²) in [6.45, 7) is 3.80. The highest BCUT2D eigenvalue weighted by Gasteiger charge is 2.21. The summed E-state index contributed by atoms with van der Waals surface area (Å²) in [5, 5.41) is 2.30. The van der Waals surface area contributed by atoms with E-state index in [-0.39, 0.29) is 21.7 Å². The Bertz CT molecular complexity index is 1070. The maximum atomic E-state index is 12.6. The van der Waals surface area contributed by atoms with Gasteiger partial charge in [-0.1, -0.05) is 6.07 Å². The number of amides is 1. The van der Waals surface area contributed by atoms with Gasteiger partial charge in [-0.15, -0.1) is 0 Å². The molecule has 0 unspecified atom stereocenters. The average molecular weight is 398 g/mol. The van der Waals surface area contributed by atoms with Crippen molar-refractivity contribution in [2.45, 2.75) is 30.0 Å². The Kier molecular flexibility index (Phi) is 5.65. The summed E-state index contributed by atoms with van der Waals surface area (Å²) in [7, 11) is -3.92. The molecule has 0 saturated carbocycles. The molecule has 144 valence electrons. The van der Waals surface area contributed by atoms with Crippen LogP contribution in [0.5, 0.6) is 5.75 Å². The molecule has 1 N–H and O–H groups in total. The minimum absolute atomic E-state index is 0.0144. The molecule has 0 radical (unpaired) electrons. The Morgan fingerprint density at radius 2 is 1.79 bits per heavy atom. The lowest BCUT2D eigenvalue weighted by Crippen LogP contribution is -2.14. The van der Waals surface area contributed by atoms with E-state index in [1.54, 1.807) is 12.1 Å². The molecule has 28 heavy (non-hydrogen) atoms. The molecule has 0 aliphatic rings. The van der Waals surface area contributed by atoms with Gasteiger partial charge in [-0.25, -0.2) is 23.4 Å².